The first kappa shape index (κ1) is 28.1. The average Bonchev–Trinajstić information content (AvgIpc) is 3.35. The molecular weight excluding hydrogens is 574 g/mol. The van der Waals surface area contributed by atoms with Gasteiger partial charge in [0.25, 0.3) is 0 Å². The van der Waals surface area contributed by atoms with Gasteiger partial charge in [0.05, 0.1) is 22.9 Å². The molecule has 6 nitrogen and oxygen atoms in total. The van der Waals surface area contributed by atoms with E-state index in [4.69, 9.17) is 0 Å². The SMILES string of the molecule is O=C1C(c2ccccc2)=CC(=O)[C@@]2(c3ccccc3)[C@@H](c3cccc(O)c3)C3=CC[C@@H]4C(=O)N(c5ccccc5)C(=O)[C@@H]4[C@@H]3C[C@@H]12. The number of allylic oxidation sites excluding steroid dienone is 4. The summed E-state index contributed by atoms with van der Waals surface area (Å²) in [4.78, 5) is 59.3. The minimum atomic E-state index is -1.32. The van der Waals surface area contributed by atoms with Crippen LogP contribution in [0, 0.1) is 23.7 Å². The van der Waals surface area contributed by atoms with Gasteiger partial charge in [-0.2, -0.15) is 0 Å². The second-order valence-corrected chi connectivity index (χ2v) is 12.7. The number of phenols is 1. The number of hydrogen-bond donors (Lipinski definition) is 1. The number of carbonyl (C=O) groups is 4. The van der Waals surface area contributed by atoms with Crippen LogP contribution in [0.1, 0.15) is 35.4 Å². The fraction of sp³-hybridized carbons (Fsp3) is 0.200. The highest BCUT2D eigenvalue weighted by molar-refractivity contribution is 6.32. The summed E-state index contributed by atoms with van der Waals surface area (Å²) in [5, 5.41) is 10.7. The highest BCUT2D eigenvalue weighted by Gasteiger charge is 2.66. The highest BCUT2D eigenvalue weighted by atomic mass is 16.3. The molecule has 1 saturated heterocycles. The van der Waals surface area contributed by atoms with Gasteiger partial charge in [0.1, 0.15) is 5.75 Å². The zero-order chi connectivity index (χ0) is 31.6. The first-order valence-electron chi connectivity index (χ1n) is 15.7. The Labute approximate surface area is 266 Å². The molecule has 0 bridgehead atoms. The Hall–Kier alpha value is -5.36. The molecule has 226 valence electrons. The number of ketones is 2. The predicted molar refractivity (Wildman–Crippen MR) is 174 cm³/mol. The van der Waals surface area contributed by atoms with Gasteiger partial charge in [0.2, 0.25) is 11.8 Å². The molecule has 6 heteroatoms. The lowest BCUT2D eigenvalue weighted by Crippen LogP contribution is -2.58. The fourth-order valence-electron chi connectivity index (χ4n) is 8.79. The lowest BCUT2D eigenvalue weighted by molar-refractivity contribution is -0.135. The molecular formula is C40H31NO5. The van der Waals surface area contributed by atoms with Crippen molar-refractivity contribution in [2.75, 3.05) is 4.90 Å². The van der Waals surface area contributed by atoms with Gasteiger partial charge in [-0.05, 0) is 65.8 Å². The van der Waals surface area contributed by atoms with Crippen LogP contribution in [0.3, 0.4) is 0 Å². The molecule has 2 amide bonds. The quantitative estimate of drug-likeness (QED) is 0.214. The van der Waals surface area contributed by atoms with Crippen molar-refractivity contribution in [3.8, 4) is 5.75 Å². The summed E-state index contributed by atoms with van der Waals surface area (Å²) >= 11 is 0. The minimum absolute atomic E-state index is 0.0474. The van der Waals surface area contributed by atoms with Gasteiger partial charge in [-0.25, -0.2) is 0 Å². The number of aromatic hydroxyl groups is 1. The van der Waals surface area contributed by atoms with Crippen LogP contribution in [0.2, 0.25) is 0 Å². The van der Waals surface area contributed by atoms with E-state index >= 15 is 0 Å². The van der Waals surface area contributed by atoms with Crippen LogP contribution in [-0.2, 0) is 24.6 Å². The van der Waals surface area contributed by atoms with Crippen LogP contribution in [0.4, 0.5) is 5.69 Å². The van der Waals surface area contributed by atoms with Gasteiger partial charge in [0.15, 0.2) is 11.6 Å². The smallest absolute Gasteiger partial charge is 0.238 e. The molecule has 1 saturated carbocycles. The third kappa shape index (κ3) is 3.96. The number of fused-ring (bicyclic) bond motifs is 4. The maximum atomic E-state index is 15.0. The first-order chi connectivity index (χ1) is 22.4. The largest absolute Gasteiger partial charge is 0.508 e. The van der Waals surface area contributed by atoms with Crippen molar-refractivity contribution in [1.29, 1.82) is 0 Å². The molecule has 46 heavy (non-hydrogen) atoms. The van der Waals surface area contributed by atoms with E-state index in [1.165, 1.54) is 11.0 Å². The summed E-state index contributed by atoms with van der Waals surface area (Å²) in [7, 11) is 0. The van der Waals surface area contributed by atoms with E-state index in [9.17, 15) is 24.3 Å². The standard InChI is InChI=1S/C40H31NO5/c42-28-18-10-13-25(21-28)36-29-19-20-30-35(39(46)41(38(30)45)27-16-8-3-9-17-27)32(29)22-33-37(44)31(24-11-4-1-5-12-24)23-34(43)40(33,36)26-14-6-2-7-15-26/h1-19,21,23,30,32-33,35-36,42H,20,22H2/t30-,32+,33-,35-,36-,40-/m0/s1. The third-order valence-electron chi connectivity index (χ3n) is 10.6. The number of amides is 2. The van der Waals surface area contributed by atoms with Crippen LogP contribution >= 0.6 is 0 Å². The molecule has 4 aromatic rings. The Kier molecular flexibility index (Phi) is 6.50. The van der Waals surface area contributed by atoms with Gasteiger partial charge < -0.3 is 5.11 Å². The number of Topliss-reactive ketones (excluding diaryl/α,β-unsaturated/α-hetero) is 1. The van der Waals surface area contributed by atoms with E-state index in [0.29, 0.717) is 28.8 Å². The fourth-order valence-corrected chi connectivity index (χ4v) is 8.79. The Morgan fingerprint density at radius 3 is 2.09 bits per heavy atom. The maximum Gasteiger partial charge on any atom is 0.238 e. The minimum Gasteiger partial charge on any atom is -0.508 e. The predicted octanol–water partition coefficient (Wildman–Crippen LogP) is 6.42. The molecule has 4 aromatic carbocycles. The third-order valence-corrected chi connectivity index (χ3v) is 10.6. The lowest BCUT2D eigenvalue weighted by atomic mass is 9.44. The van der Waals surface area contributed by atoms with Gasteiger partial charge in [0, 0.05) is 17.4 Å². The van der Waals surface area contributed by atoms with Crippen LogP contribution in [0.5, 0.6) is 5.75 Å². The zero-order valence-corrected chi connectivity index (χ0v) is 25.0. The van der Waals surface area contributed by atoms with E-state index in [1.807, 2.05) is 78.9 Å². The monoisotopic (exact) mass is 605 g/mol. The summed E-state index contributed by atoms with van der Waals surface area (Å²) in [6, 6.07) is 34.5. The van der Waals surface area contributed by atoms with E-state index < -0.39 is 35.0 Å². The molecule has 0 aromatic heterocycles. The van der Waals surface area contributed by atoms with E-state index in [1.54, 1.807) is 42.5 Å². The number of para-hydroxylation sites is 1. The molecule has 2 fully saturated rings. The highest BCUT2D eigenvalue weighted by Crippen LogP contribution is 2.63. The van der Waals surface area contributed by atoms with Crippen LogP contribution in [0.25, 0.3) is 5.57 Å². The van der Waals surface area contributed by atoms with Gasteiger partial charge in [-0.3, -0.25) is 24.1 Å². The molecule has 6 atom stereocenters. The number of benzene rings is 4. The van der Waals surface area contributed by atoms with Gasteiger partial charge in [-0.15, -0.1) is 0 Å². The zero-order valence-electron chi connectivity index (χ0n) is 25.0. The Morgan fingerprint density at radius 1 is 0.717 bits per heavy atom. The summed E-state index contributed by atoms with van der Waals surface area (Å²) in [5.41, 5.74) is 2.53. The summed E-state index contributed by atoms with van der Waals surface area (Å²) in [6.07, 6.45) is 4.14. The van der Waals surface area contributed by atoms with Crippen LogP contribution in [-0.4, -0.2) is 28.5 Å². The van der Waals surface area contributed by atoms with Crippen LogP contribution in [0.15, 0.2) is 133 Å². The normalized spacial score (nSPS) is 28.6. The second-order valence-electron chi connectivity index (χ2n) is 12.7. The number of imide groups is 1. The van der Waals surface area contributed by atoms with Crippen molar-refractivity contribution in [3.63, 3.8) is 0 Å². The van der Waals surface area contributed by atoms with E-state index in [-0.39, 0.29) is 35.6 Å². The average molecular weight is 606 g/mol. The lowest BCUT2D eigenvalue weighted by Gasteiger charge is -2.55. The number of hydrogen-bond acceptors (Lipinski definition) is 5. The van der Waals surface area contributed by atoms with Crippen molar-refractivity contribution in [3.05, 3.63) is 150 Å². The first-order valence-corrected chi connectivity index (χ1v) is 15.7. The summed E-state index contributed by atoms with van der Waals surface area (Å²) < 4.78 is 0. The molecule has 4 aliphatic rings. The molecule has 0 spiro atoms. The number of phenolic OH excluding ortho intramolecular Hbond substituents is 1. The second kappa shape index (κ2) is 10.6. The number of carbonyl (C=O) groups excluding carboxylic acids is 4. The Bertz CT molecular complexity index is 1960. The van der Waals surface area contributed by atoms with Crippen molar-refractivity contribution in [1.82, 2.24) is 0 Å². The van der Waals surface area contributed by atoms with Crippen molar-refractivity contribution >= 4 is 34.6 Å². The van der Waals surface area contributed by atoms with Gasteiger partial charge in [-0.1, -0.05) is 103 Å². The summed E-state index contributed by atoms with van der Waals surface area (Å²) in [5.74, 6) is -3.95. The molecule has 1 N–H and O–H groups in total. The summed E-state index contributed by atoms with van der Waals surface area (Å²) in [6.45, 7) is 0. The Balaban J connectivity index is 1.36. The van der Waals surface area contributed by atoms with Crippen LogP contribution < -0.4 is 4.90 Å². The molecule has 0 unspecified atom stereocenters. The topological polar surface area (TPSA) is 91.8 Å². The Morgan fingerprint density at radius 2 is 1.39 bits per heavy atom. The van der Waals surface area contributed by atoms with Gasteiger partial charge >= 0.3 is 0 Å². The maximum absolute atomic E-state index is 15.0. The van der Waals surface area contributed by atoms with E-state index in [2.05, 4.69) is 0 Å². The van der Waals surface area contributed by atoms with Crippen molar-refractivity contribution in [2.24, 2.45) is 23.7 Å². The molecule has 1 aliphatic heterocycles. The molecule has 1 heterocycles. The number of rotatable bonds is 4. The van der Waals surface area contributed by atoms with Crippen molar-refractivity contribution < 1.29 is 24.3 Å². The van der Waals surface area contributed by atoms with Crippen molar-refractivity contribution in [2.45, 2.75) is 24.2 Å². The number of anilines is 1. The molecule has 3 aliphatic carbocycles. The molecule has 0 radical (unpaired) electrons. The molecule has 8 rings (SSSR count). The number of nitrogens with zero attached hydrogens (tertiary/aromatic N) is 1. The van der Waals surface area contributed by atoms with E-state index in [0.717, 1.165) is 11.1 Å².